The Bertz CT molecular complexity index is 249. The zero-order chi connectivity index (χ0) is 13.5. The number of likely N-dealkylation sites (N-methyl/N-ethyl adjacent to an activating group) is 1. The maximum absolute atomic E-state index is 8.89. The minimum absolute atomic E-state index is 0.164. The van der Waals surface area contributed by atoms with Crippen LogP contribution in [0.5, 0.6) is 0 Å². The molecule has 0 spiro atoms. The Morgan fingerprint density at radius 3 is 2.18 bits per heavy atom. The number of nitrogens with zero attached hydrogens (tertiary/aromatic N) is 2. The van der Waals surface area contributed by atoms with Crippen molar-refractivity contribution < 1.29 is 0 Å². The summed E-state index contributed by atoms with van der Waals surface area (Å²) in [4.78, 5) is 2.23. The molecular weight excluding hydrogens is 210 g/mol. The molecule has 0 unspecified atom stereocenters. The highest BCUT2D eigenvalue weighted by molar-refractivity contribution is 4.91. The van der Waals surface area contributed by atoms with Crippen molar-refractivity contribution in [2.75, 3.05) is 27.2 Å². The first kappa shape index (κ1) is 16.4. The van der Waals surface area contributed by atoms with E-state index in [2.05, 4.69) is 44.2 Å². The van der Waals surface area contributed by atoms with E-state index in [1.807, 2.05) is 13.8 Å². The van der Waals surface area contributed by atoms with E-state index >= 15 is 0 Å². The molecule has 0 aliphatic heterocycles. The Kier molecular flexibility index (Phi) is 6.74. The van der Waals surface area contributed by atoms with Gasteiger partial charge in [-0.2, -0.15) is 5.26 Å². The topological polar surface area (TPSA) is 39.1 Å². The van der Waals surface area contributed by atoms with E-state index in [0.717, 1.165) is 32.4 Å². The highest BCUT2D eigenvalue weighted by Crippen LogP contribution is 2.21. The molecule has 0 rings (SSSR count). The molecule has 0 saturated heterocycles. The Balaban J connectivity index is 3.58. The van der Waals surface area contributed by atoms with Gasteiger partial charge in [0.05, 0.1) is 11.5 Å². The third kappa shape index (κ3) is 7.36. The predicted molar refractivity (Wildman–Crippen MR) is 73.9 cm³/mol. The summed E-state index contributed by atoms with van der Waals surface area (Å²) in [6.45, 7) is 10.5. The molecule has 0 aromatic rings. The van der Waals surface area contributed by atoms with E-state index in [0.29, 0.717) is 0 Å². The van der Waals surface area contributed by atoms with Crippen LogP contribution < -0.4 is 5.32 Å². The van der Waals surface area contributed by atoms with Crippen LogP contribution in [-0.4, -0.2) is 37.6 Å². The Labute approximate surface area is 107 Å². The van der Waals surface area contributed by atoms with Crippen LogP contribution in [0.15, 0.2) is 0 Å². The van der Waals surface area contributed by atoms with Crippen LogP contribution in [0.4, 0.5) is 0 Å². The zero-order valence-corrected chi connectivity index (χ0v) is 12.4. The average Bonchev–Trinajstić information content (AvgIpc) is 2.23. The summed E-state index contributed by atoms with van der Waals surface area (Å²) in [5.41, 5.74) is 0.0365. The first-order valence-electron chi connectivity index (χ1n) is 6.51. The van der Waals surface area contributed by atoms with Crippen molar-refractivity contribution in [3.8, 4) is 6.07 Å². The molecule has 3 heteroatoms. The molecule has 0 atom stereocenters. The monoisotopic (exact) mass is 239 g/mol. The van der Waals surface area contributed by atoms with Crippen molar-refractivity contribution in [1.29, 1.82) is 5.26 Å². The standard InChI is InChI=1S/C14H29N3/c1-13(2,11-15)9-7-8-10-16-12-14(3,4)17(5)6/h16H,7-10,12H2,1-6H3. The van der Waals surface area contributed by atoms with Gasteiger partial charge < -0.3 is 10.2 Å². The third-order valence-corrected chi connectivity index (χ3v) is 3.48. The average molecular weight is 239 g/mol. The molecule has 1 N–H and O–H groups in total. The van der Waals surface area contributed by atoms with Gasteiger partial charge in [-0.3, -0.25) is 0 Å². The van der Waals surface area contributed by atoms with Gasteiger partial charge in [-0.1, -0.05) is 6.42 Å². The smallest absolute Gasteiger partial charge is 0.0683 e. The Hall–Kier alpha value is -0.590. The zero-order valence-electron chi connectivity index (χ0n) is 12.4. The second-order valence-corrected chi connectivity index (χ2v) is 6.34. The summed E-state index contributed by atoms with van der Waals surface area (Å²) in [7, 11) is 4.22. The summed E-state index contributed by atoms with van der Waals surface area (Å²) < 4.78 is 0. The van der Waals surface area contributed by atoms with Crippen molar-refractivity contribution in [2.45, 2.75) is 52.5 Å². The first-order chi connectivity index (χ1) is 7.71. The predicted octanol–water partition coefficient (Wildman–Crippen LogP) is 2.64. The quantitative estimate of drug-likeness (QED) is 0.662. The summed E-state index contributed by atoms with van der Waals surface area (Å²) >= 11 is 0. The van der Waals surface area contributed by atoms with Crippen molar-refractivity contribution in [3.63, 3.8) is 0 Å². The van der Waals surface area contributed by atoms with Crippen molar-refractivity contribution in [2.24, 2.45) is 5.41 Å². The SMILES string of the molecule is CN(C)C(C)(C)CNCCCCC(C)(C)C#N. The lowest BCUT2D eigenvalue weighted by atomic mass is 9.89. The molecule has 0 aromatic carbocycles. The maximum Gasteiger partial charge on any atom is 0.0683 e. The third-order valence-electron chi connectivity index (χ3n) is 3.48. The van der Waals surface area contributed by atoms with Gasteiger partial charge in [-0.05, 0) is 61.2 Å². The molecule has 0 radical (unpaired) electrons. The maximum atomic E-state index is 8.89. The number of hydrogen-bond acceptors (Lipinski definition) is 3. The largest absolute Gasteiger partial charge is 0.315 e. The van der Waals surface area contributed by atoms with Crippen LogP contribution in [0, 0.1) is 16.7 Å². The summed E-state index contributed by atoms with van der Waals surface area (Å²) in [5, 5.41) is 12.4. The van der Waals surface area contributed by atoms with Crippen LogP contribution >= 0.6 is 0 Å². The Morgan fingerprint density at radius 2 is 1.71 bits per heavy atom. The van der Waals surface area contributed by atoms with Gasteiger partial charge in [0.2, 0.25) is 0 Å². The normalized spacial score (nSPS) is 12.8. The molecule has 0 fully saturated rings. The number of nitrogens with one attached hydrogen (secondary N) is 1. The molecule has 0 amide bonds. The van der Waals surface area contributed by atoms with E-state index in [9.17, 15) is 0 Å². The number of unbranched alkanes of at least 4 members (excludes halogenated alkanes) is 1. The number of rotatable bonds is 8. The molecule has 0 heterocycles. The lowest BCUT2D eigenvalue weighted by Crippen LogP contribution is -2.46. The van der Waals surface area contributed by atoms with Gasteiger partial charge in [-0.25, -0.2) is 0 Å². The Morgan fingerprint density at radius 1 is 1.12 bits per heavy atom. The molecule has 17 heavy (non-hydrogen) atoms. The highest BCUT2D eigenvalue weighted by atomic mass is 15.2. The van der Waals surface area contributed by atoms with Crippen LogP contribution in [0.25, 0.3) is 0 Å². The van der Waals surface area contributed by atoms with Crippen molar-refractivity contribution in [3.05, 3.63) is 0 Å². The van der Waals surface area contributed by atoms with E-state index < -0.39 is 0 Å². The second kappa shape index (κ2) is 6.98. The van der Waals surface area contributed by atoms with Gasteiger partial charge >= 0.3 is 0 Å². The second-order valence-electron chi connectivity index (χ2n) is 6.34. The fourth-order valence-electron chi connectivity index (χ4n) is 1.43. The fraction of sp³-hybridized carbons (Fsp3) is 0.929. The van der Waals surface area contributed by atoms with Gasteiger partial charge in [0.25, 0.3) is 0 Å². The van der Waals surface area contributed by atoms with Crippen molar-refractivity contribution in [1.82, 2.24) is 10.2 Å². The molecule has 0 aliphatic carbocycles. The fourth-order valence-corrected chi connectivity index (χ4v) is 1.43. The minimum Gasteiger partial charge on any atom is -0.315 e. The molecule has 3 nitrogen and oxygen atoms in total. The van der Waals surface area contributed by atoms with Gasteiger partial charge in [0.1, 0.15) is 0 Å². The molecule has 0 saturated carbocycles. The van der Waals surface area contributed by atoms with Crippen LogP contribution in [0.3, 0.4) is 0 Å². The van der Waals surface area contributed by atoms with Gasteiger partial charge in [0.15, 0.2) is 0 Å². The van der Waals surface area contributed by atoms with E-state index in [1.54, 1.807) is 0 Å². The molecule has 100 valence electrons. The van der Waals surface area contributed by atoms with E-state index in [1.165, 1.54) is 0 Å². The summed E-state index contributed by atoms with van der Waals surface area (Å²) in [6.07, 6.45) is 3.26. The summed E-state index contributed by atoms with van der Waals surface area (Å²) in [5.74, 6) is 0. The minimum atomic E-state index is -0.164. The lowest BCUT2D eigenvalue weighted by Gasteiger charge is -2.32. The van der Waals surface area contributed by atoms with E-state index in [-0.39, 0.29) is 11.0 Å². The van der Waals surface area contributed by atoms with Gasteiger partial charge in [-0.15, -0.1) is 0 Å². The highest BCUT2D eigenvalue weighted by Gasteiger charge is 2.19. The van der Waals surface area contributed by atoms with Gasteiger partial charge in [0, 0.05) is 12.1 Å². The molecular formula is C14H29N3. The van der Waals surface area contributed by atoms with Crippen LogP contribution in [0.2, 0.25) is 0 Å². The first-order valence-corrected chi connectivity index (χ1v) is 6.51. The number of hydrogen-bond donors (Lipinski definition) is 1. The van der Waals surface area contributed by atoms with Crippen molar-refractivity contribution >= 4 is 0 Å². The van der Waals surface area contributed by atoms with E-state index in [4.69, 9.17) is 5.26 Å². The summed E-state index contributed by atoms with van der Waals surface area (Å²) in [6, 6.07) is 2.34. The van der Waals surface area contributed by atoms with Crippen LogP contribution in [-0.2, 0) is 0 Å². The molecule has 0 bridgehead atoms. The molecule has 0 aromatic heterocycles. The number of nitriles is 1. The molecule has 0 aliphatic rings. The van der Waals surface area contributed by atoms with Crippen LogP contribution in [0.1, 0.15) is 47.0 Å². The lowest BCUT2D eigenvalue weighted by molar-refractivity contribution is 0.190.